The van der Waals surface area contributed by atoms with E-state index in [9.17, 15) is 8.42 Å². The second-order valence-electron chi connectivity index (χ2n) is 5.00. The van der Waals surface area contributed by atoms with Gasteiger partial charge < -0.3 is 9.52 Å². The molecule has 1 rings (SSSR count). The first-order valence-corrected chi connectivity index (χ1v) is 7.90. The molecule has 0 aliphatic rings. The van der Waals surface area contributed by atoms with Gasteiger partial charge in [-0.25, -0.2) is 8.42 Å². The molecular weight excluding hydrogens is 334 g/mol. The van der Waals surface area contributed by atoms with Crippen molar-refractivity contribution in [3.8, 4) is 0 Å². The van der Waals surface area contributed by atoms with Crippen LogP contribution in [0.25, 0.3) is 0 Å². The topological polar surface area (TPSA) is 70.8 Å². The third-order valence-electron chi connectivity index (χ3n) is 2.47. The van der Waals surface area contributed by atoms with E-state index < -0.39 is 15.6 Å². The average Bonchev–Trinajstić information content (AvgIpc) is 2.66. The van der Waals surface area contributed by atoms with Gasteiger partial charge in [-0.15, -0.1) is 6.58 Å². The van der Waals surface area contributed by atoms with Crippen molar-refractivity contribution < 1.29 is 17.9 Å². The summed E-state index contributed by atoms with van der Waals surface area (Å²) in [6.45, 7) is 8.82. The number of rotatable bonds is 5. The van der Waals surface area contributed by atoms with Crippen LogP contribution in [0, 0.1) is 0 Å². The van der Waals surface area contributed by atoms with Gasteiger partial charge in [0, 0.05) is 18.2 Å². The smallest absolute Gasteiger partial charge is 0.248 e. The summed E-state index contributed by atoms with van der Waals surface area (Å²) < 4.78 is 31.8. The predicted molar refractivity (Wildman–Crippen MR) is 76.2 cm³/mol. The van der Waals surface area contributed by atoms with Gasteiger partial charge in [-0.3, -0.25) is 0 Å². The van der Waals surface area contributed by atoms with E-state index in [1.54, 1.807) is 20.8 Å². The molecule has 19 heavy (non-hydrogen) atoms. The summed E-state index contributed by atoms with van der Waals surface area (Å²) in [6, 6.07) is 1.32. The van der Waals surface area contributed by atoms with E-state index in [4.69, 9.17) is 9.52 Å². The number of halogens is 1. The number of sulfonamides is 1. The maximum absolute atomic E-state index is 12.6. The number of furan rings is 1. The zero-order valence-corrected chi connectivity index (χ0v) is 13.6. The van der Waals surface area contributed by atoms with E-state index in [0.717, 1.165) is 0 Å². The highest BCUT2D eigenvalue weighted by Crippen LogP contribution is 2.31. The first-order chi connectivity index (χ1) is 8.64. The van der Waals surface area contributed by atoms with Crippen LogP contribution in [-0.4, -0.2) is 29.9 Å². The molecule has 0 amide bonds. The highest BCUT2D eigenvalue weighted by molar-refractivity contribution is 9.10. The minimum Gasteiger partial charge on any atom is -0.450 e. The Hall–Kier alpha value is -0.630. The molecule has 0 fully saturated rings. The second kappa shape index (κ2) is 5.78. The summed E-state index contributed by atoms with van der Waals surface area (Å²) in [4.78, 5) is 0.00771. The summed E-state index contributed by atoms with van der Waals surface area (Å²) in [7, 11) is -3.73. The number of nitrogens with zero attached hydrogens (tertiary/aromatic N) is 1. The molecule has 1 heterocycles. The molecule has 1 aromatic rings. The van der Waals surface area contributed by atoms with Gasteiger partial charge in [0.05, 0.1) is 0 Å². The van der Waals surface area contributed by atoms with E-state index in [0.29, 0.717) is 0 Å². The predicted octanol–water partition coefficient (Wildman–Crippen LogP) is 2.51. The zero-order valence-electron chi connectivity index (χ0n) is 11.2. The van der Waals surface area contributed by atoms with Gasteiger partial charge >= 0.3 is 0 Å². The van der Waals surface area contributed by atoms with Gasteiger partial charge in [0.1, 0.15) is 17.3 Å². The molecule has 7 heteroatoms. The molecule has 0 aliphatic heterocycles. The van der Waals surface area contributed by atoms with Crippen LogP contribution in [0.4, 0.5) is 0 Å². The summed E-state index contributed by atoms with van der Waals surface area (Å²) in [5.74, 6) is 0.193. The molecule has 0 aliphatic carbocycles. The molecule has 0 atom stereocenters. The Morgan fingerprint density at radius 1 is 1.53 bits per heavy atom. The fraction of sp³-hybridized carbons (Fsp3) is 0.500. The minimum atomic E-state index is -3.73. The number of hydrogen-bond donors (Lipinski definition) is 1. The Morgan fingerprint density at radius 2 is 2.11 bits per heavy atom. The third kappa shape index (κ3) is 3.47. The molecule has 0 saturated heterocycles. The average molecular weight is 352 g/mol. The molecule has 0 spiro atoms. The Labute approximate surface area is 122 Å². The number of aliphatic hydroxyl groups is 1. The van der Waals surface area contributed by atoms with Crippen LogP contribution in [-0.2, 0) is 16.6 Å². The standard InChI is InChI=1S/C12H18BrNO4S/c1-5-6-14(12(2,3)4)19(16,17)10-7-9(8-15)18-11(10)13/h5,7,15H,1,6,8H2,2-4H3. The van der Waals surface area contributed by atoms with Gasteiger partial charge in [0.25, 0.3) is 0 Å². The SMILES string of the molecule is C=CCN(C(C)(C)C)S(=O)(=O)c1cc(CO)oc1Br. The van der Waals surface area contributed by atoms with E-state index >= 15 is 0 Å². The van der Waals surface area contributed by atoms with E-state index in [1.807, 2.05) is 0 Å². The molecular formula is C12H18BrNO4S. The van der Waals surface area contributed by atoms with Crippen molar-refractivity contribution in [3.63, 3.8) is 0 Å². The van der Waals surface area contributed by atoms with Crippen molar-refractivity contribution in [2.24, 2.45) is 0 Å². The van der Waals surface area contributed by atoms with E-state index in [2.05, 4.69) is 22.5 Å². The van der Waals surface area contributed by atoms with Crippen LogP contribution in [0.1, 0.15) is 26.5 Å². The van der Waals surface area contributed by atoms with Crippen molar-refractivity contribution in [1.82, 2.24) is 4.31 Å². The molecule has 0 bridgehead atoms. The molecule has 5 nitrogen and oxygen atoms in total. The largest absolute Gasteiger partial charge is 0.450 e. The molecule has 1 N–H and O–H groups in total. The molecule has 0 unspecified atom stereocenters. The number of hydrogen-bond acceptors (Lipinski definition) is 4. The van der Waals surface area contributed by atoms with Crippen molar-refractivity contribution in [3.05, 3.63) is 29.2 Å². The fourth-order valence-corrected chi connectivity index (χ4v) is 4.34. The maximum atomic E-state index is 12.6. The minimum absolute atomic E-state index is 0.00771. The molecule has 1 aromatic heterocycles. The van der Waals surface area contributed by atoms with Crippen LogP contribution in [0.2, 0.25) is 0 Å². The second-order valence-corrected chi connectivity index (χ2v) is 7.56. The van der Waals surface area contributed by atoms with Crippen molar-refractivity contribution in [1.29, 1.82) is 0 Å². The summed E-state index contributed by atoms with van der Waals surface area (Å²) >= 11 is 3.07. The molecule has 0 aromatic carbocycles. The van der Waals surface area contributed by atoms with Crippen LogP contribution >= 0.6 is 15.9 Å². The lowest BCUT2D eigenvalue weighted by molar-refractivity contribution is 0.244. The maximum Gasteiger partial charge on any atom is 0.248 e. The molecule has 0 radical (unpaired) electrons. The number of aliphatic hydroxyl groups excluding tert-OH is 1. The van der Waals surface area contributed by atoms with Gasteiger partial charge in [-0.2, -0.15) is 4.31 Å². The molecule has 0 saturated carbocycles. The lowest BCUT2D eigenvalue weighted by Gasteiger charge is -2.33. The van der Waals surface area contributed by atoms with Gasteiger partial charge in [-0.1, -0.05) is 6.08 Å². The van der Waals surface area contributed by atoms with E-state index in [-0.39, 0.29) is 28.5 Å². The summed E-state index contributed by atoms with van der Waals surface area (Å²) in [5, 5.41) is 9.00. The first-order valence-electron chi connectivity index (χ1n) is 5.67. The van der Waals surface area contributed by atoms with Crippen LogP contribution in [0.5, 0.6) is 0 Å². The van der Waals surface area contributed by atoms with Gasteiger partial charge in [-0.05, 0) is 36.7 Å². The van der Waals surface area contributed by atoms with Crippen molar-refractivity contribution in [2.75, 3.05) is 6.54 Å². The van der Waals surface area contributed by atoms with Crippen LogP contribution < -0.4 is 0 Å². The lowest BCUT2D eigenvalue weighted by Crippen LogP contribution is -2.45. The molecule has 108 valence electrons. The Bertz CT molecular complexity index is 557. The summed E-state index contributed by atoms with van der Waals surface area (Å²) in [5.41, 5.74) is -0.594. The first kappa shape index (κ1) is 16.4. The van der Waals surface area contributed by atoms with E-state index in [1.165, 1.54) is 16.4 Å². The summed E-state index contributed by atoms with van der Waals surface area (Å²) in [6.07, 6.45) is 1.53. The fourth-order valence-electron chi connectivity index (χ4n) is 1.62. The van der Waals surface area contributed by atoms with Crippen LogP contribution in [0.3, 0.4) is 0 Å². The van der Waals surface area contributed by atoms with Crippen molar-refractivity contribution in [2.45, 2.75) is 37.8 Å². The normalized spacial score (nSPS) is 12.9. The Kier molecular flexibility index (Phi) is 5.00. The highest BCUT2D eigenvalue weighted by atomic mass is 79.9. The van der Waals surface area contributed by atoms with Crippen molar-refractivity contribution >= 4 is 26.0 Å². The third-order valence-corrected chi connectivity index (χ3v) is 5.46. The monoisotopic (exact) mass is 351 g/mol. The van der Waals surface area contributed by atoms with Gasteiger partial charge in [0.15, 0.2) is 4.67 Å². The Balaban J connectivity index is 3.34. The quantitative estimate of drug-likeness (QED) is 0.827. The Morgan fingerprint density at radius 3 is 2.47 bits per heavy atom. The lowest BCUT2D eigenvalue weighted by atomic mass is 10.1. The highest BCUT2D eigenvalue weighted by Gasteiger charge is 2.35. The van der Waals surface area contributed by atoms with Gasteiger partial charge in [0.2, 0.25) is 10.0 Å². The zero-order chi connectivity index (χ0) is 14.8. The van der Waals surface area contributed by atoms with Crippen LogP contribution in [0.15, 0.2) is 32.7 Å².